The molecule has 1 aliphatic carbocycles. The molecule has 18 heavy (non-hydrogen) atoms. The van der Waals surface area contributed by atoms with Crippen LogP contribution in [0.1, 0.15) is 19.8 Å². The largest absolute Gasteiger partial charge is 0.481 e. The smallest absolute Gasteiger partial charge is 0.404 e. The van der Waals surface area contributed by atoms with Gasteiger partial charge in [0.1, 0.15) is 6.61 Å². The molecule has 0 bridgehead atoms. The van der Waals surface area contributed by atoms with Crippen molar-refractivity contribution in [2.75, 3.05) is 13.2 Å². The minimum Gasteiger partial charge on any atom is -0.481 e. The predicted molar refractivity (Wildman–Crippen MR) is 61.6 cm³/mol. The van der Waals surface area contributed by atoms with Crippen LogP contribution < -0.4 is 11.1 Å². The van der Waals surface area contributed by atoms with E-state index >= 15 is 0 Å². The maximum Gasteiger partial charge on any atom is 0.404 e. The van der Waals surface area contributed by atoms with Crippen molar-refractivity contribution in [2.24, 2.45) is 23.5 Å². The summed E-state index contributed by atoms with van der Waals surface area (Å²) in [5.74, 6) is -2.15. The molecule has 7 nitrogen and oxygen atoms in total. The van der Waals surface area contributed by atoms with Crippen LogP contribution in [0.25, 0.3) is 0 Å². The Bertz CT molecular complexity index is 344. The molecule has 1 saturated carbocycles. The van der Waals surface area contributed by atoms with Gasteiger partial charge in [0, 0.05) is 0 Å². The Morgan fingerprint density at radius 3 is 2.50 bits per heavy atom. The number of ether oxygens (including phenoxy) is 1. The van der Waals surface area contributed by atoms with E-state index in [9.17, 15) is 14.4 Å². The summed E-state index contributed by atoms with van der Waals surface area (Å²) in [6.07, 6.45) is 0.187. The first-order chi connectivity index (χ1) is 8.41. The Kier molecular flexibility index (Phi) is 4.94. The van der Waals surface area contributed by atoms with Gasteiger partial charge in [-0.05, 0) is 18.8 Å². The van der Waals surface area contributed by atoms with Crippen molar-refractivity contribution in [1.82, 2.24) is 5.32 Å². The van der Waals surface area contributed by atoms with Gasteiger partial charge in [-0.3, -0.25) is 9.59 Å². The first-order valence-corrected chi connectivity index (χ1v) is 5.84. The molecular weight excluding hydrogens is 240 g/mol. The van der Waals surface area contributed by atoms with Crippen molar-refractivity contribution in [3.05, 3.63) is 0 Å². The Labute approximate surface area is 105 Å². The van der Waals surface area contributed by atoms with E-state index in [-0.39, 0.29) is 25.0 Å². The Hall–Kier alpha value is -1.79. The maximum atomic E-state index is 11.8. The van der Waals surface area contributed by atoms with E-state index in [0.717, 1.165) is 0 Å². The molecule has 4 N–H and O–H groups in total. The minimum atomic E-state index is -0.937. The third-order valence-electron chi connectivity index (χ3n) is 3.10. The number of carbonyl (C=O) groups is 3. The van der Waals surface area contributed by atoms with E-state index in [1.54, 1.807) is 0 Å². The highest BCUT2D eigenvalue weighted by Gasteiger charge is 2.40. The van der Waals surface area contributed by atoms with Gasteiger partial charge < -0.3 is 20.9 Å². The molecule has 7 heteroatoms. The SMILES string of the molecule is CC1C[C@H](C(=O)NCCOC(N)=O)[C@H](C(=O)O)C1. The van der Waals surface area contributed by atoms with Gasteiger partial charge in [-0.1, -0.05) is 6.92 Å². The van der Waals surface area contributed by atoms with Crippen LogP contribution in [-0.4, -0.2) is 36.2 Å². The summed E-state index contributed by atoms with van der Waals surface area (Å²) in [6.45, 7) is 2.06. The van der Waals surface area contributed by atoms with Crippen molar-refractivity contribution in [3.63, 3.8) is 0 Å². The third-order valence-corrected chi connectivity index (χ3v) is 3.10. The number of hydrogen-bond donors (Lipinski definition) is 3. The fourth-order valence-corrected chi connectivity index (χ4v) is 2.31. The van der Waals surface area contributed by atoms with Crippen LogP contribution in [0.15, 0.2) is 0 Å². The lowest BCUT2D eigenvalue weighted by Gasteiger charge is -2.15. The topological polar surface area (TPSA) is 119 Å². The van der Waals surface area contributed by atoms with Gasteiger partial charge in [0.15, 0.2) is 0 Å². The highest BCUT2D eigenvalue weighted by Crippen LogP contribution is 2.36. The van der Waals surface area contributed by atoms with Crippen molar-refractivity contribution in [3.8, 4) is 0 Å². The molecule has 3 atom stereocenters. The molecule has 0 aliphatic heterocycles. The van der Waals surface area contributed by atoms with Gasteiger partial charge in [0.25, 0.3) is 0 Å². The minimum absolute atomic E-state index is 0.0128. The zero-order valence-corrected chi connectivity index (χ0v) is 10.2. The van der Waals surface area contributed by atoms with Crippen molar-refractivity contribution in [1.29, 1.82) is 0 Å². The molecule has 0 saturated heterocycles. The number of carboxylic acid groups (broad SMARTS) is 1. The van der Waals surface area contributed by atoms with Crippen molar-refractivity contribution < 1.29 is 24.2 Å². The van der Waals surface area contributed by atoms with E-state index in [2.05, 4.69) is 10.1 Å². The number of carboxylic acids is 1. The second-order valence-electron chi connectivity index (χ2n) is 4.59. The molecule has 2 amide bonds. The lowest BCUT2D eigenvalue weighted by Crippen LogP contribution is -2.37. The molecule has 0 spiro atoms. The van der Waals surface area contributed by atoms with Crippen molar-refractivity contribution in [2.45, 2.75) is 19.8 Å². The second kappa shape index (κ2) is 6.23. The monoisotopic (exact) mass is 258 g/mol. The summed E-state index contributed by atoms with van der Waals surface area (Å²) < 4.78 is 4.46. The fraction of sp³-hybridized carbons (Fsp3) is 0.727. The van der Waals surface area contributed by atoms with E-state index in [1.165, 1.54) is 0 Å². The molecule has 0 radical (unpaired) electrons. The number of aliphatic carboxylic acids is 1. The van der Waals surface area contributed by atoms with Gasteiger partial charge >= 0.3 is 12.1 Å². The van der Waals surface area contributed by atoms with E-state index in [1.807, 2.05) is 6.92 Å². The molecule has 1 unspecified atom stereocenters. The number of hydrogen-bond acceptors (Lipinski definition) is 4. The number of nitrogens with one attached hydrogen (secondary N) is 1. The number of primary amides is 1. The summed E-state index contributed by atoms with van der Waals surface area (Å²) in [6, 6.07) is 0. The molecule has 0 aromatic rings. The first kappa shape index (κ1) is 14.3. The van der Waals surface area contributed by atoms with E-state index in [0.29, 0.717) is 12.8 Å². The lowest BCUT2D eigenvalue weighted by molar-refractivity contribution is -0.146. The average molecular weight is 258 g/mol. The summed E-state index contributed by atoms with van der Waals surface area (Å²) in [5, 5.41) is 11.6. The maximum absolute atomic E-state index is 11.8. The van der Waals surface area contributed by atoms with Crippen LogP contribution in [0.4, 0.5) is 4.79 Å². The number of amides is 2. The zero-order chi connectivity index (χ0) is 13.7. The fourth-order valence-electron chi connectivity index (χ4n) is 2.31. The second-order valence-corrected chi connectivity index (χ2v) is 4.59. The van der Waals surface area contributed by atoms with Gasteiger partial charge in [-0.25, -0.2) is 4.79 Å². The number of rotatable bonds is 5. The Balaban J connectivity index is 2.40. The summed E-state index contributed by atoms with van der Waals surface area (Å²) in [4.78, 5) is 33.1. The molecule has 1 fully saturated rings. The van der Waals surface area contributed by atoms with Gasteiger partial charge in [-0.2, -0.15) is 0 Å². The standard InChI is InChI=1S/C11H18N2O5/c1-6-4-7(8(5-6)10(15)16)9(14)13-2-3-18-11(12)17/h6-8H,2-5H2,1H3,(H2,12,17)(H,13,14)(H,15,16)/t6?,7-,8+/m0/s1. The summed E-state index contributed by atoms with van der Waals surface area (Å²) >= 11 is 0. The number of carbonyl (C=O) groups excluding carboxylic acids is 2. The van der Waals surface area contributed by atoms with Crippen LogP contribution >= 0.6 is 0 Å². The summed E-state index contributed by atoms with van der Waals surface area (Å²) in [5.41, 5.74) is 4.76. The Morgan fingerprint density at radius 2 is 1.94 bits per heavy atom. The third kappa shape index (κ3) is 3.90. The Morgan fingerprint density at radius 1 is 1.33 bits per heavy atom. The lowest BCUT2D eigenvalue weighted by atomic mass is 9.95. The van der Waals surface area contributed by atoms with Crippen LogP contribution in [0.5, 0.6) is 0 Å². The molecule has 0 heterocycles. The molecular formula is C11H18N2O5. The first-order valence-electron chi connectivity index (χ1n) is 5.84. The van der Waals surface area contributed by atoms with Gasteiger partial charge in [0.2, 0.25) is 5.91 Å². The normalized spacial score (nSPS) is 26.6. The highest BCUT2D eigenvalue weighted by molar-refractivity contribution is 5.85. The highest BCUT2D eigenvalue weighted by atomic mass is 16.5. The van der Waals surface area contributed by atoms with E-state index in [4.69, 9.17) is 10.8 Å². The van der Waals surface area contributed by atoms with Gasteiger partial charge in [0.05, 0.1) is 18.4 Å². The van der Waals surface area contributed by atoms with Crippen LogP contribution in [0.2, 0.25) is 0 Å². The predicted octanol–water partition coefficient (Wildman–Crippen LogP) is -0.0552. The molecule has 102 valence electrons. The summed E-state index contributed by atoms with van der Waals surface area (Å²) in [7, 11) is 0. The molecule has 1 rings (SSSR count). The zero-order valence-electron chi connectivity index (χ0n) is 10.2. The molecule has 1 aliphatic rings. The van der Waals surface area contributed by atoms with E-state index < -0.39 is 23.9 Å². The quantitative estimate of drug-likeness (QED) is 0.597. The van der Waals surface area contributed by atoms with Gasteiger partial charge in [-0.15, -0.1) is 0 Å². The van der Waals surface area contributed by atoms with Crippen LogP contribution in [0.3, 0.4) is 0 Å². The average Bonchev–Trinajstić information content (AvgIpc) is 2.66. The molecule has 0 aromatic heterocycles. The molecule has 0 aromatic carbocycles. The van der Waals surface area contributed by atoms with Crippen LogP contribution in [0, 0.1) is 17.8 Å². The number of nitrogens with two attached hydrogens (primary N) is 1. The van der Waals surface area contributed by atoms with Crippen molar-refractivity contribution >= 4 is 18.0 Å². The van der Waals surface area contributed by atoms with Crippen LogP contribution in [-0.2, 0) is 14.3 Å².